The summed E-state index contributed by atoms with van der Waals surface area (Å²) in [6.07, 6.45) is 3.75. The van der Waals surface area contributed by atoms with Crippen LogP contribution in [0.4, 0.5) is 0 Å². The second kappa shape index (κ2) is 4.41. The average molecular weight is 235 g/mol. The molecular weight excluding hydrogens is 210 g/mol. The summed E-state index contributed by atoms with van der Waals surface area (Å²) in [5.74, 6) is 0.458. The van der Waals surface area contributed by atoms with Gasteiger partial charge in [-0.2, -0.15) is 0 Å². The van der Waals surface area contributed by atoms with Gasteiger partial charge in [0.15, 0.2) is 5.78 Å². The molecule has 17 heavy (non-hydrogen) atoms. The lowest BCUT2D eigenvalue weighted by Gasteiger charge is -2.40. The van der Waals surface area contributed by atoms with E-state index >= 15 is 0 Å². The predicted molar refractivity (Wildman–Crippen MR) is 72.7 cm³/mol. The Bertz CT molecular complexity index is 373. The van der Waals surface area contributed by atoms with Gasteiger partial charge in [0, 0.05) is 5.41 Å². The summed E-state index contributed by atoms with van der Waals surface area (Å²) >= 11 is 0. The zero-order valence-corrected chi connectivity index (χ0v) is 11.8. The van der Waals surface area contributed by atoms with Crippen molar-refractivity contribution in [2.24, 2.45) is 17.1 Å². The minimum absolute atomic E-state index is 0.129. The first kappa shape index (κ1) is 14.2. The van der Waals surface area contributed by atoms with Crippen LogP contribution in [0.25, 0.3) is 0 Å². The van der Waals surface area contributed by atoms with E-state index in [2.05, 4.69) is 12.7 Å². The Morgan fingerprint density at radius 1 is 1.53 bits per heavy atom. The largest absolute Gasteiger partial charge is 0.316 e. The van der Waals surface area contributed by atoms with Gasteiger partial charge in [-0.15, -0.1) is 0 Å². The second-order valence-corrected chi connectivity index (χ2v) is 6.42. The van der Waals surface area contributed by atoms with Crippen molar-refractivity contribution in [1.29, 1.82) is 0 Å². The van der Waals surface area contributed by atoms with Crippen LogP contribution in [0.15, 0.2) is 23.8 Å². The third kappa shape index (κ3) is 2.68. The average Bonchev–Trinajstić information content (AvgIpc) is 2.19. The summed E-state index contributed by atoms with van der Waals surface area (Å²) in [4.78, 5) is 12.5. The lowest BCUT2D eigenvalue weighted by molar-refractivity contribution is -0.131. The highest BCUT2D eigenvalue weighted by Gasteiger charge is 2.44. The third-order valence-electron chi connectivity index (χ3n) is 3.76. The summed E-state index contributed by atoms with van der Waals surface area (Å²) in [6, 6.07) is 0. The van der Waals surface area contributed by atoms with E-state index in [0.717, 1.165) is 17.6 Å². The van der Waals surface area contributed by atoms with Gasteiger partial charge in [-0.1, -0.05) is 44.6 Å². The number of carbonyl (C=O) groups excluding carboxylic acids is 1. The lowest BCUT2D eigenvalue weighted by Crippen LogP contribution is -2.56. The maximum Gasteiger partial charge on any atom is 0.162 e. The molecule has 0 radical (unpaired) electrons. The minimum Gasteiger partial charge on any atom is -0.316 e. The van der Waals surface area contributed by atoms with Crippen molar-refractivity contribution in [3.05, 3.63) is 23.8 Å². The zero-order chi connectivity index (χ0) is 13.4. The maximum absolute atomic E-state index is 12.5. The summed E-state index contributed by atoms with van der Waals surface area (Å²) in [7, 11) is 0. The van der Waals surface area contributed by atoms with Crippen molar-refractivity contribution < 1.29 is 4.79 Å². The van der Waals surface area contributed by atoms with Gasteiger partial charge < -0.3 is 5.73 Å². The highest BCUT2D eigenvalue weighted by Crippen LogP contribution is 2.38. The molecule has 0 aromatic carbocycles. The van der Waals surface area contributed by atoms with Gasteiger partial charge in [-0.3, -0.25) is 4.79 Å². The Kier molecular flexibility index (Phi) is 3.68. The standard InChI is InChI=1S/C15H25NO/c1-10(2)12-8-7-11(3)15(16,9-12)13(17)14(4,5)6/h7,12H,1,8-9,16H2,2-6H3. The summed E-state index contributed by atoms with van der Waals surface area (Å²) in [5, 5.41) is 0. The molecule has 2 nitrogen and oxygen atoms in total. The Morgan fingerprint density at radius 2 is 2.06 bits per heavy atom. The molecular formula is C15H25NO. The van der Waals surface area contributed by atoms with Crippen molar-refractivity contribution in [2.75, 3.05) is 0 Å². The summed E-state index contributed by atoms with van der Waals surface area (Å²) < 4.78 is 0. The van der Waals surface area contributed by atoms with Crippen molar-refractivity contribution in [3.63, 3.8) is 0 Å². The minimum atomic E-state index is -0.805. The molecule has 0 saturated heterocycles. The molecule has 0 heterocycles. The van der Waals surface area contributed by atoms with E-state index in [1.807, 2.05) is 34.6 Å². The second-order valence-electron chi connectivity index (χ2n) is 6.42. The Labute approximate surface area is 105 Å². The van der Waals surface area contributed by atoms with Gasteiger partial charge in [0.25, 0.3) is 0 Å². The highest BCUT2D eigenvalue weighted by atomic mass is 16.1. The monoisotopic (exact) mass is 235 g/mol. The van der Waals surface area contributed by atoms with Gasteiger partial charge >= 0.3 is 0 Å². The Morgan fingerprint density at radius 3 is 2.47 bits per heavy atom. The first-order chi connectivity index (χ1) is 7.59. The maximum atomic E-state index is 12.5. The Hall–Kier alpha value is -0.890. The topological polar surface area (TPSA) is 43.1 Å². The van der Waals surface area contributed by atoms with Crippen LogP contribution in [0.2, 0.25) is 0 Å². The van der Waals surface area contributed by atoms with Crippen molar-refractivity contribution in [1.82, 2.24) is 0 Å². The quantitative estimate of drug-likeness (QED) is 0.747. The summed E-state index contributed by atoms with van der Waals surface area (Å²) in [5.41, 5.74) is 7.32. The van der Waals surface area contributed by atoms with E-state index in [9.17, 15) is 4.79 Å². The molecule has 1 aliphatic carbocycles. The fraction of sp³-hybridized carbons (Fsp3) is 0.667. The molecule has 2 unspecified atom stereocenters. The molecule has 2 heteroatoms. The molecule has 0 fully saturated rings. The SMILES string of the molecule is C=C(C)C1CC=C(C)C(N)(C(=O)C(C)(C)C)C1. The number of rotatable bonds is 2. The molecule has 0 spiro atoms. The van der Waals surface area contributed by atoms with E-state index in [1.54, 1.807) is 0 Å². The number of nitrogens with two attached hydrogens (primary N) is 1. The number of carbonyl (C=O) groups is 1. The normalized spacial score (nSPS) is 29.8. The first-order valence-corrected chi connectivity index (χ1v) is 6.25. The Balaban J connectivity index is 3.10. The van der Waals surface area contributed by atoms with Gasteiger partial charge in [0.1, 0.15) is 0 Å². The summed E-state index contributed by atoms with van der Waals surface area (Å²) in [6.45, 7) is 13.8. The van der Waals surface area contributed by atoms with E-state index in [0.29, 0.717) is 12.3 Å². The van der Waals surface area contributed by atoms with Crippen LogP contribution >= 0.6 is 0 Å². The lowest BCUT2D eigenvalue weighted by atomic mass is 9.67. The molecule has 2 N–H and O–H groups in total. The molecule has 0 saturated carbocycles. The van der Waals surface area contributed by atoms with Gasteiger partial charge in [-0.05, 0) is 32.6 Å². The van der Waals surface area contributed by atoms with Crippen molar-refractivity contribution >= 4 is 5.78 Å². The van der Waals surface area contributed by atoms with Crippen LogP contribution in [0.5, 0.6) is 0 Å². The predicted octanol–water partition coefficient (Wildman–Crippen LogP) is 3.23. The van der Waals surface area contributed by atoms with Crippen LogP contribution in [-0.4, -0.2) is 11.3 Å². The van der Waals surface area contributed by atoms with Gasteiger partial charge in [0.2, 0.25) is 0 Å². The van der Waals surface area contributed by atoms with E-state index in [4.69, 9.17) is 5.73 Å². The molecule has 0 amide bonds. The van der Waals surface area contributed by atoms with Crippen LogP contribution < -0.4 is 5.73 Å². The zero-order valence-electron chi connectivity index (χ0n) is 11.8. The fourth-order valence-electron chi connectivity index (χ4n) is 2.45. The number of hydrogen-bond donors (Lipinski definition) is 1. The molecule has 0 aliphatic heterocycles. The fourth-order valence-corrected chi connectivity index (χ4v) is 2.45. The van der Waals surface area contributed by atoms with Gasteiger partial charge in [0.05, 0.1) is 5.54 Å². The van der Waals surface area contributed by atoms with Crippen LogP contribution in [0.3, 0.4) is 0 Å². The van der Waals surface area contributed by atoms with Crippen LogP contribution in [0.1, 0.15) is 47.5 Å². The number of Topliss-reactive ketones (excluding diaryl/α,β-unsaturated/α-hetero) is 1. The van der Waals surface area contributed by atoms with Crippen LogP contribution in [-0.2, 0) is 4.79 Å². The molecule has 0 bridgehead atoms. The first-order valence-electron chi connectivity index (χ1n) is 6.25. The van der Waals surface area contributed by atoms with E-state index < -0.39 is 11.0 Å². The highest BCUT2D eigenvalue weighted by molar-refractivity contribution is 5.95. The van der Waals surface area contributed by atoms with Crippen LogP contribution in [0, 0.1) is 11.3 Å². The molecule has 2 atom stereocenters. The molecule has 0 aromatic rings. The van der Waals surface area contributed by atoms with Crippen molar-refractivity contribution in [2.45, 2.75) is 53.0 Å². The molecule has 1 rings (SSSR count). The van der Waals surface area contributed by atoms with E-state index in [1.165, 1.54) is 0 Å². The number of ketones is 1. The van der Waals surface area contributed by atoms with Crippen molar-refractivity contribution in [3.8, 4) is 0 Å². The number of allylic oxidation sites excluding steroid dienone is 2. The molecule has 1 aliphatic rings. The molecule has 0 aromatic heterocycles. The third-order valence-corrected chi connectivity index (χ3v) is 3.76. The molecule has 96 valence electrons. The van der Waals surface area contributed by atoms with E-state index in [-0.39, 0.29) is 5.78 Å². The van der Waals surface area contributed by atoms with Gasteiger partial charge in [-0.25, -0.2) is 0 Å². The smallest absolute Gasteiger partial charge is 0.162 e. The number of hydrogen-bond acceptors (Lipinski definition) is 2.